The number of aliphatic carboxylic acids is 1. The summed E-state index contributed by atoms with van der Waals surface area (Å²) >= 11 is 0. The van der Waals surface area contributed by atoms with Crippen molar-refractivity contribution in [3.63, 3.8) is 0 Å². The number of imidazole rings is 1. The van der Waals surface area contributed by atoms with Crippen molar-refractivity contribution in [1.82, 2.24) is 9.97 Å². The first-order chi connectivity index (χ1) is 13.7. The molecule has 7 N–H and O–H groups in total. The number of pyridine rings is 1. The van der Waals surface area contributed by atoms with Crippen LogP contribution in [0.2, 0.25) is 0 Å². The summed E-state index contributed by atoms with van der Waals surface area (Å²) < 4.78 is 6.63. The van der Waals surface area contributed by atoms with Crippen LogP contribution in [0.25, 0.3) is 0 Å². The highest BCUT2D eigenvalue weighted by atomic mass is 16.6. The molecule has 0 spiro atoms. The highest BCUT2D eigenvalue weighted by Crippen LogP contribution is 2.25. The van der Waals surface area contributed by atoms with Gasteiger partial charge in [-0.2, -0.15) is 4.57 Å². The van der Waals surface area contributed by atoms with Crippen molar-refractivity contribution in [2.75, 3.05) is 6.61 Å². The SMILES string of the molecule is N[C@@H](Cc1c[nH]cn1)C(=O)[O-].O=C(O)c1ccc[n+]([C@@H]2O[C@H](CO)[C@@H](O)[C@H]2O)c1. The first kappa shape index (κ1) is 22.4. The molecule has 1 aliphatic heterocycles. The minimum Gasteiger partial charge on any atom is -0.548 e. The lowest BCUT2D eigenvalue weighted by atomic mass is 10.1. The molecule has 2 aromatic heterocycles. The number of H-pyrrole nitrogens is 1. The van der Waals surface area contributed by atoms with Crippen LogP contribution in [-0.2, 0) is 16.0 Å². The number of ether oxygens (including phenoxy) is 1. The minimum absolute atomic E-state index is 0.0373. The maximum Gasteiger partial charge on any atom is 0.341 e. The predicted octanol–water partition coefficient (Wildman–Crippen LogP) is -3.69. The molecule has 0 unspecified atom stereocenters. The van der Waals surface area contributed by atoms with Crippen molar-refractivity contribution in [2.24, 2.45) is 5.73 Å². The van der Waals surface area contributed by atoms with E-state index in [1.54, 1.807) is 6.20 Å². The van der Waals surface area contributed by atoms with E-state index in [0.29, 0.717) is 5.69 Å². The van der Waals surface area contributed by atoms with Gasteiger partial charge < -0.3 is 45.8 Å². The summed E-state index contributed by atoms with van der Waals surface area (Å²) in [5.41, 5.74) is 5.86. The van der Waals surface area contributed by atoms with E-state index in [1.165, 1.54) is 35.4 Å². The Labute approximate surface area is 164 Å². The summed E-state index contributed by atoms with van der Waals surface area (Å²) in [6.45, 7) is -0.423. The van der Waals surface area contributed by atoms with Gasteiger partial charge in [0.25, 0.3) is 6.23 Å². The summed E-state index contributed by atoms with van der Waals surface area (Å²) in [6.07, 6.45) is 1.85. The Morgan fingerprint density at radius 1 is 1.38 bits per heavy atom. The molecule has 29 heavy (non-hydrogen) atoms. The van der Waals surface area contributed by atoms with Crippen molar-refractivity contribution in [2.45, 2.75) is 37.0 Å². The Morgan fingerprint density at radius 2 is 2.10 bits per heavy atom. The molecule has 1 saturated heterocycles. The topological polar surface area (TPSA) is 206 Å². The lowest BCUT2D eigenvalue weighted by Gasteiger charge is -2.09. The van der Waals surface area contributed by atoms with Crippen molar-refractivity contribution >= 4 is 11.9 Å². The monoisotopic (exact) mass is 410 g/mol. The number of carboxylic acid groups (broad SMARTS) is 2. The van der Waals surface area contributed by atoms with Crippen LogP contribution in [0.5, 0.6) is 0 Å². The summed E-state index contributed by atoms with van der Waals surface area (Å²) in [5.74, 6) is -2.36. The Morgan fingerprint density at radius 3 is 2.62 bits per heavy atom. The minimum atomic E-state index is -1.26. The van der Waals surface area contributed by atoms with E-state index in [0.717, 1.165) is 0 Å². The van der Waals surface area contributed by atoms with Gasteiger partial charge in [-0.3, -0.25) is 0 Å². The number of hydrogen-bond donors (Lipinski definition) is 6. The van der Waals surface area contributed by atoms with Gasteiger partial charge in [0.05, 0.1) is 24.6 Å². The molecule has 12 nitrogen and oxygen atoms in total. The van der Waals surface area contributed by atoms with Gasteiger partial charge in [0.2, 0.25) is 0 Å². The second kappa shape index (κ2) is 10.0. The lowest BCUT2D eigenvalue weighted by molar-refractivity contribution is -0.765. The quantitative estimate of drug-likeness (QED) is 0.257. The molecule has 5 atom stereocenters. The van der Waals surface area contributed by atoms with Gasteiger partial charge in [-0.1, -0.05) is 0 Å². The third-order valence-electron chi connectivity index (χ3n) is 4.17. The molecule has 1 fully saturated rings. The van der Waals surface area contributed by atoms with Crippen molar-refractivity contribution in [3.05, 3.63) is 48.3 Å². The number of aliphatic hydroxyl groups excluding tert-OH is 3. The number of rotatable bonds is 6. The van der Waals surface area contributed by atoms with Gasteiger partial charge >= 0.3 is 5.97 Å². The van der Waals surface area contributed by atoms with Crippen LogP contribution in [0.4, 0.5) is 0 Å². The number of hydrogen-bond acceptors (Lipinski definition) is 9. The van der Waals surface area contributed by atoms with Crippen molar-refractivity contribution in [3.8, 4) is 0 Å². The number of carbonyl (C=O) groups excluding carboxylic acids is 1. The van der Waals surface area contributed by atoms with E-state index in [1.807, 2.05) is 0 Å². The van der Waals surface area contributed by atoms with Gasteiger partial charge in [0.1, 0.15) is 17.8 Å². The number of nitrogens with two attached hydrogens (primary N) is 1. The van der Waals surface area contributed by atoms with E-state index in [-0.39, 0.29) is 12.0 Å². The van der Waals surface area contributed by atoms with Gasteiger partial charge in [-0.05, 0) is 6.07 Å². The number of aromatic nitrogens is 3. The molecule has 3 heterocycles. The average Bonchev–Trinajstić information content (AvgIpc) is 3.31. The van der Waals surface area contributed by atoms with Gasteiger partial charge in [-0.15, -0.1) is 0 Å². The molecule has 0 saturated carbocycles. The molecule has 158 valence electrons. The molecule has 3 rings (SSSR count). The normalized spacial score (nSPS) is 24.4. The van der Waals surface area contributed by atoms with E-state index in [4.69, 9.17) is 20.7 Å². The number of carbonyl (C=O) groups is 2. The summed E-state index contributed by atoms with van der Waals surface area (Å²) in [5, 5.41) is 47.4. The Kier molecular flexibility index (Phi) is 7.75. The highest BCUT2D eigenvalue weighted by Gasteiger charge is 2.47. The van der Waals surface area contributed by atoms with Crippen LogP contribution in [-0.4, -0.2) is 73.3 Å². The number of aromatic amines is 1. The van der Waals surface area contributed by atoms with Crippen molar-refractivity contribution in [1.29, 1.82) is 0 Å². The standard InChI is InChI=1S/C11H13NO6.C6H9N3O2/c13-5-7-8(14)9(15)10(18-7)12-3-1-2-6(4-12)11(16)17;7-5(6(10)11)1-4-2-8-3-9-4/h1-4,7-10,13-15H,5H2;2-3,5H,1,7H2,(H,8,9)(H,10,11)/t7-,8-,9-,10-;5-/m10/s1. The maximum atomic E-state index is 10.8. The lowest BCUT2D eigenvalue weighted by Crippen LogP contribution is -2.46. The molecule has 0 radical (unpaired) electrons. The summed E-state index contributed by atoms with van der Waals surface area (Å²) in [4.78, 5) is 27.5. The van der Waals surface area contributed by atoms with Crippen LogP contribution in [0, 0.1) is 0 Å². The first-order valence-electron chi connectivity index (χ1n) is 8.55. The molecule has 0 aliphatic carbocycles. The zero-order chi connectivity index (χ0) is 21.6. The third-order valence-corrected chi connectivity index (χ3v) is 4.17. The van der Waals surface area contributed by atoms with Crippen LogP contribution < -0.4 is 15.4 Å². The van der Waals surface area contributed by atoms with Crippen molar-refractivity contribution < 1.29 is 44.4 Å². The summed E-state index contributed by atoms with van der Waals surface area (Å²) in [6, 6.07) is 1.93. The molecule has 2 aromatic rings. The first-order valence-corrected chi connectivity index (χ1v) is 8.55. The van der Waals surface area contributed by atoms with E-state index in [9.17, 15) is 24.9 Å². The van der Waals surface area contributed by atoms with Crippen LogP contribution in [0.15, 0.2) is 37.1 Å². The van der Waals surface area contributed by atoms with Gasteiger partial charge in [0, 0.05) is 24.7 Å². The number of nitrogens with zero attached hydrogens (tertiary/aromatic N) is 2. The smallest absolute Gasteiger partial charge is 0.341 e. The van der Waals surface area contributed by atoms with E-state index >= 15 is 0 Å². The Bertz CT molecular complexity index is 816. The summed E-state index contributed by atoms with van der Waals surface area (Å²) in [7, 11) is 0. The van der Waals surface area contributed by atoms with E-state index in [2.05, 4.69) is 9.97 Å². The van der Waals surface area contributed by atoms with Crippen LogP contribution >= 0.6 is 0 Å². The zero-order valence-electron chi connectivity index (χ0n) is 15.2. The fraction of sp³-hybridized carbons (Fsp3) is 0.412. The van der Waals surface area contributed by atoms with E-state index < -0.39 is 49.1 Å². The average molecular weight is 410 g/mol. The molecular formula is C17H22N4O8. The number of carboxylic acids is 2. The van der Waals surface area contributed by atoms with Crippen LogP contribution in [0.3, 0.4) is 0 Å². The zero-order valence-corrected chi connectivity index (χ0v) is 15.2. The largest absolute Gasteiger partial charge is 0.548 e. The third kappa shape index (κ3) is 5.79. The molecule has 1 aliphatic rings. The Hall–Kier alpha value is -2.90. The fourth-order valence-corrected chi connectivity index (χ4v) is 2.62. The fourth-order valence-electron chi connectivity index (χ4n) is 2.62. The number of nitrogens with one attached hydrogen (secondary N) is 1. The Balaban J connectivity index is 0.000000234. The molecule has 0 amide bonds. The molecular weight excluding hydrogens is 388 g/mol. The highest BCUT2D eigenvalue weighted by molar-refractivity contribution is 5.86. The molecule has 12 heteroatoms. The second-order valence-corrected chi connectivity index (χ2v) is 6.26. The van der Waals surface area contributed by atoms with Gasteiger partial charge in [-0.25, -0.2) is 9.78 Å². The molecule has 0 bridgehead atoms. The van der Waals surface area contributed by atoms with Crippen LogP contribution in [0.1, 0.15) is 22.3 Å². The second-order valence-electron chi connectivity index (χ2n) is 6.26. The molecule has 0 aromatic carbocycles. The maximum absolute atomic E-state index is 10.8. The number of aromatic carboxylic acids is 1. The number of aliphatic hydroxyl groups is 3. The predicted molar refractivity (Wildman–Crippen MR) is 91.9 cm³/mol. The van der Waals surface area contributed by atoms with Gasteiger partial charge in [0.15, 0.2) is 18.5 Å².